The Bertz CT molecular complexity index is 1590. The molecule has 13 heteroatoms. The van der Waals surface area contributed by atoms with Crippen molar-refractivity contribution in [3.8, 4) is 11.3 Å². The number of methoxy groups -OCH3 is 1. The highest BCUT2D eigenvalue weighted by molar-refractivity contribution is 5.86. The molecule has 2 aromatic heterocycles. The Hall–Kier alpha value is -4.55. The van der Waals surface area contributed by atoms with Gasteiger partial charge in [-0.2, -0.15) is 0 Å². The third-order valence-corrected chi connectivity index (χ3v) is 10.1. The maximum atomic E-state index is 13.5. The number of carbonyl (C=O) groups is 3. The zero-order valence-corrected chi connectivity index (χ0v) is 29.4. The Kier molecular flexibility index (Phi) is 10.4. The summed E-state index contributed by atoms with van der Waals surface area (Å²) in [5.74, 6) is 2.98. The molecule has 3 saturated heterocycles. The molecule has 13 nitrogen and oxygen atoms in total. The van der Waals surface area contributed by atoms with E-state index in [9.17, 15) is 14.4 Å². The number of aromatic amines is 2. The van der Waals surface area contributed by atoms with E-state index in [4.69, 9.17) is 14.7 Å². The van der Waals surface area contributed by atoms with Gasteiger partial charge in [0.15, 0.2) is 0 Å². The van der Waals surface area contributed by atoms with Gasteiger partial charge in [-0.1, -0.05) is 39.8 Å². The van der Waals surface area contributed by atoms with Crippen LogP contribution in [0.4, 0.5) is 16.3 Å². The number of likely N-dealkylation sites (tertiary alicyclic amines) is 2. The molecule has 3 aliphatic heterocycles. The zero-order chi connectivity index (χ0) is 34.7. The fraction of sp³-hybridized carbons (Fsp3) is 0.583. The van der Waals surface area contributed by atoms with Crippen LogP contribution in [0, 0.1) is 11.8 Å². The minimum Gasteiger partial charge on any atom is -0.453 e. The molecule has 1 aromatic carbocycles. The van der Waals surface area contributed by atoms with Crippen LogP contribution in [-0.4, -0.2) is 100 Å². The van der Waals surface area contributed by atoms with E-state index in [2.05, 4.69) is 63.2 Å². The number of alkyl carbamates (subject to hydrolysis) is 1. The lowest BCUT2D eigenvalue weighted by molar-refractivity contribution is -0.135. The standard InChI is InChI=1S/C36H51N9O4/c1-23(2)20-31(46)44-14-6-8-28(44)33-37-21-27(39-33)25-10-12-26(13-11-25)42-16-18-43(19-17-42)30-22-38-34(40-30)29-9-7-15-45(29)35(47)32(24(3)4)41-36(48)49-5/h10-13,21-24,28-29,32H,6-9,14-20H2,1-5H3,(H,37,39)(H,38,40)(H,41,48). The van der Waals surface area contributed by atoms with Crippen molar-refractivity contribution in [3.63, 3.8) is 0 Å². The molecule has 0 saturated carbocycles. The number of imidazole rings is 2. The summed E-state index contributed by atoms with van der Waals surface area (Å²) in [5, 5.41) is 2.71. The van der Waals surface area contributed by atoms with Crippen molar-refractivity contribution in [3.05, 3.63) is 48.3 Å². The number of aromatic nitrogens is 4. The molecule has 49 heavy (non-hydrogen) atoms. The van der Waals surface area contributed by atoms with Gasteiger partial charge in [0.25, 0.3) is 0 Å². The highest BCUT2D eigenvalue weighted by Gasteiger charge is 2.38. The van der Waals surface area contributed by atoms with Gasteiger partial charge in [0.05, 0.1) is 37.3 Å². The SMILES string of the molecule is COC(=O)NC(C(=O)N1CCCC1c1ncc(N2CCN(c3ccc(-c4cnc(C5CCCN5C(=O)CC(C)C)[nH]4)cc3)CC2)[nH]1)C(C)C. The number of carbonyl (C=O) groups excluding carboxylic acids is 3. The number of anilines is 2. The summed E-state index contributed by atoms with van der Waals surface area (Å²) >= 11 is 0. The molecule has 3 fully saturated rings. The van der Waals surface area contributed by atoms with Crippen molar-refractivity contribution in [2.24, 2.45) is 11.8 Å². The van der Waals surface area contributed by atoms with Crippen LogP contribution in [0.2, 0.25) is 0 Å². The highest BCUT2D eigenvalue weighted by Crippen LogP contribution is 2.34. The number of rotatable bonds is 10. The van der Waals surface area contributed by atoms with E-state index in [-0.39, 0.29) is 29.8 Å². The maximum absolute atomic E-state index is 13.5. The number of benzene rings is 1. The lowest BCUT2D eigenvalue weighted by atomic mass is 10.0. The summed E-state index contributed by atoms with van der Waals surface area (Å²) in [6.45, 7) is 12.8. The van der Waals surface area contributed by atoms with E-state index < -0.39 is 12.1 Å². The van der Waals surface area contributed by atoms with E-state index in [0.717, 1.165) is 87.1 Å². The van der Waals surface area contributed by atoms with Gasteiger partial charge in [-0.15, -0.1) is 0 Å². The molecule has 6 rings (SSSR count). The second-order valence-electron chi connectivity index (χ2n) is 14.2. The molecule has 3 amide bonds. The topological polar surface area (TPSA) is 143 Å². The molecule has 264 valence electrons. The normalized spacial score (nSPS) is 20.4. The first kappa shape index (κ1) is 34.3. The number of nitrogens with one attached hydrogen (secondary N) is 3. The monoisotopic (exact) mass is 673 g/mol. The van der Waals surface area contributed by atoms with Crippen LogP contribution in [0.3, 0.4) is 0 Å². The predicted molar refractivity (Wildman–Crippen MR) is 188 cm³/mol. The average molecular weight is 674 g/mol. The molecule has 3 aliphatic rings. The van der Waals surface area contributed by atoms with Crippen LogP contribution < -0.4 is 15.1 Å². The molecule has 0 bridgehead atoms. The third kappa shape index (κ3) is 7.55. The first-order chi connectivity index (χ1) is 23.6. The maximum Gasteiger partial charge on any atom is 0.407 e. The molecule has 5 heterocycles. The Morgan fingerprint density at radius 2 is 1.45 bits per heavy atom. The smallest absolute Gasteiger partial charge is 0.407 e. The predicted octanol–water partition coefficient (Wildman–Crippen LogP) is 4.88. The molecule has 3 atom stereocenters. The molecular formula is C36H51N9O4. The summed E-state index contributed by atoms with van der Waals surface area (Å²) in [7, 11) is 1.30. The van der Waals surface area contributed by atoms with Gasteiger partial charge >= 0.3 is 6.09 Å². The zero-order valence-electron chi connectivity index (χ0n) is 29.4. The summed E-state index contributed by atoms with van der Waals surface area (Å²) in [6.07, 6.45) is 7.37. The number of amides is 3. The number of hydrogen-bond donors (Lipinski definition) is 3. The van der Waals surface area contributed by atoms with Gasteiger partial charge in [-0.25, -0.2) is 14.8 Å². The lowest BCUT2D eigenvalue weighted by Gasteiger charge is -2.36. The van der Waals surface area contributed by atoms with Gasteiger partial charge in [0.2, 0.25) is 11.8 Å². The largest absolute Gasteiger partial charge is 0.453 e. The first-order valence-corrected chi connectivity index (χ1v) is 17.8. The van der Waals surface area contributed by atoms with Gasteiger partial charge in [-0.05, 0) is 55.2 Å². The summed E-state index contributed by atoms with van der Waals surface area (Å²) in [4.78, 5) is 63.2. The summed E-state index contributed by atoms with van der Waals surface area (Å²) in [6, 6.07) is 7.81. The molecule has 3 aromatic rings. The van der Waals surface area contributed by atoms with Crippen LogP contribution in [0.25, 0.3) is 11.3 Å². The number of ether oxygens (including phenoxy) is 1. The molecule has 0 spiro atoms. The Balaban J connectivity index is 1.04. The van der Waals surface area contributed by atoms with E-state index in [0.29, 0.717) is 18.9 Å². The van der Waals surface area contributed by atoms with Crippen molar-refractivity contribution in [1.82, 2.24) is 35.1 Å². The highest BCUT2D eigenvalue weighted by atomic mass is 16.5. The molecular weight excluding hydrogens is 622 g/mol. The van der Waals surface area contributed by atoms with E-state index >= 15 is 0 Å². The van der Waals surface area contributed by atoms with E-state index in [1.807, 2.05) is 36.0 Å². The number of hydrogen-bond acceptors (Lipinski definition) is 8. The van der Waals surface area contributed by atoms with Crippen LogP contribution in [0.5, 0.6) is 0 Å². The Morgan fingerprint density at radius 3 is 2.10 bits per heavy atom. The van der Waals surface area contributed by atoms with Gasteiger partial charge in [-0.3, -0.25) is 9.59 Å². The third-order valence-electron chi connectivity index (χ3n) is 10.1. The van der Waals surface area contributed by atoms with Crippen molar-refractivity contribution in [1.29, 1.82) is 0 Å². The fourth-order valence-corrected chi connectivity index (χ4v) is 7.38. The van der Waals surface area contributed by atoms with E-state index in [1.54, 1.807) is 0 Å². The van der Waals surface area contributed by atoms with Crippen LogP contribution in [0.15, 0.2) is 36.7 Å². The minimum absolute atomic E-state index is 0.0219. The van der Waals surface area contributed by atoms with Crippen molar-refractivity contribution < 1.29 is 19.1 Å². The average Bonchev–Trinajstić information content (AvgIpc) is 3.93. The summed E-state index contributed by atoms with van der Waals surface area (Å²) < 4.78 is 4.76. The quantitative estimate of drug-likeness (QED) is 0.277. The minimum atomic E-state index is -0.657. The van der Waals surface area contributed by atoms with E-state index in [1.165, 1.54) is 12.8 Å². The lowest BCUT2D eigenvalue weighted by Crippen LogP contribution is -2.51. The van der Waals surface area contributed by atoms with Gasteiger partial charge < -0.3 is 39.6 Å². The molecule has 0 aliphatic carbocycles. The number of piperazine rings is 1. The van der Waals surface area contributed by atoms with Crippen LogP contribution in [0.1, 0.15) is 83.5 Å². The van der Waals surface area contributed by atoms with Crippen molar-refractivity contribution in [2.75, 3.05) is 56.2 Å². The van der Waals surface area contributed by atoms with Crippen LogP contribution in [-0.2, 0) is 14.3 Å². The van der Waals surface area contributed by atoms with Crippen molar-refractivity contribution >= 4 is 29.4 Å². The van der Waals surface area contributed by atoms with Crippen LogP contribution >= 0.6 is 0 Å². The number of H-pyrrole nitrogens is 2. The molecule has 3 unspecified atom stereocenters. The molecule has 3 N–H and O–H groups in total. The first-order valence-electron chi connectivity index (χ1n) is 17.8. The second-order valence-corrected chi connectivity index (χ2v) is 14.2. The summed E-state index contributed by atoms with van der Waals surface area (Å²) in [5.41, 5.74) is 3.21. The fourth-order valence-electron chi connectivity index (χ4n) is 7.38. The Labute approximate surface area is 288 Å². The van der Waals surface area contributed by atoms with Gasteiger partial charge in [0.1, 0.15) is 23.5 Å². The second kappa shape index (κ2) is 14.9. The number of nitrogens with zero attached hydrogens (tertiary/aromatic N) is 6. The Morgan fingerprint density at radius 1 is 0.837 bits per heavy atom. The van der Waals surface area contributed by atoms with Gasteiger partial charge in [0, 0.05) is 51.4 Å². The molecule has 0 radical (unpaired) electrons. The van der Waals surface area contributed by atoms with Crippen molar-refractivity contribution in [2.45, 2.75) is 77.9 Å².